The summed E-state index contributed by atoms with van der Waals surface area (Å²) >= 11 is 1.71. The molecule has 0 aliphatic carbocycles. The number of hydrogen-bond donors (Lipinski definition) is 2. The van der Waals surface area contributed by atoms with E-state index in [-0.39, 0.29) is 0 Å². The first kappa shape index (κ1) is 15.6. The number of benzene rings is 2. The smallest absolute Gasteiger partial charge is 0.191 e. The van der Waals surface area contributed by atoms with Crippen LogP contribution < -0.4 is 10.6 Å². The molecule has 0 amide bonds. The lowest BCUT2D eigenvalue weighted by Crippen LogP contribution is -2.37. The number of guanidine groups is 1. The van der Waals surface area contributed by atoms with Gasteiger partial charge in [0.2, 0.25) is 0 Å². The molecule has 0 unspecified atom stereocenters. The van der Waals surface area contributed by atoms with Crippen molar-refractivity contribution in [2.75, 3.05) is 13.6 Å². The van der Waals surface area contributed by atoms with Crippen LogP contribution in [0.3, 0.4) is 0 Å². The van der Waals surface area contributed by atoms with E-state index in [9.17, 15) is 0 Å². The second-order valence-corrected chi connectivity index (χ2v) is 6.15. The zero-order chi connectivity index (χ0) is 15.9. The van der Waals surface area contributed by atoms with Gasteiger partial charge in [-0.15, -0.1) is 0 Å². The summed E-state index contributed by atoms with van der Waals surface area (Å²) in [7, 11) is 1.81. The topological polar surface area (TPSA) is 36.4 Å². The molecule has 0 aliphatic heterocycles. The molecule has 118 valence electrons. The third-order valence-electron chi connectivity index (χ3n) is 3.83. The van der Waals surface area contributed by atoms with E-state index < -0.39 is 0 Å². The van der Waals surface area contributed by atoms with Gasteiger partial charge >= 0.3 is 0 Å². The first-order chi connectivity index (χ1) is 11.4. The molecule has 0 bridgehead atoms. The Labute approximate surface area is 141 Å². The molecule has 0 saturated heterocycles. The standard InChI is InChI=1S/C19H21N3S/c1-20-19(22-13-15-10-12-23-14-15)21-11-9-17-7-4-6-16-5-2-3-8-18(16)17/h2-8,10,12,14H,9,11,13H2,1H3,(H2,20,21,22). The van der Waals surface area contributed by atoms with Gasteiger partial charge in [-0.05, 0) is 45.1 Å². The van der Waals surface area contributed by atoms with Gasteiger partial charge in [0, 0.05) is 20.1 Å². The van der Waals surface area contributed by atoms with Crippen LogP contribution >= 0.6 is 11.3 Å². The highest BCUT2D eigenvalue weighted by atomic mass is 32.1. The minimum Gasteiger partial charge on any atom is -0.356 e. The van der Waals surface area contributed by atoms with Crippen molar-refractivity contribution in [3.8, 4) is 0 Å². The number of thiophene rings is 1. The highest BCUT2D eigenvalue weighted by Gasteiger charge is 2.02. The van der Waals surface area contributed by atoms with Crippen LogP contribution in [0.25, 0.3) is 10.8 Å². The van der Waals surface area contributed by atoms with Gasteiger partial charge in [-0.3, -0.25) is 4.99 Å². The van der Waals surface area contributed by atoms with Crippen LogP contribution in [-0.2, 0) is 13.0 Å². The van der Waals surface area contributed by atoms with Gasteiger partial charge in [-0.2, -0.15) is 11.3 Å². The highest BCUT2D eigenvalue weighted by molar-refractivity contribution is 7.07. The Morgan fingerprint density at radius 2 is 1.91 bits per heavy atom. The monoisotopic (exact) mass is 323 g/mol. The largest absolute Gasteiger partial charge is 0.356 e. The molecule has 4 heteroatoms. The Morgan fingerprint density at radius 1 is 1.04 bits per heavy atom. The van der Waals surface area contributed by atoms with E-state index in [4.69, 9.17) is 0 Å². The Hall–Kier alpha value is -2.33. The maximum atomic E-state index is 4.28. The summed E-state index contributed by atoms with van der Waals surface area (Å²) < 4.78 is 0. The SMILES string of the molecule is CN=C(NCCc1cccc2ccccc12)NCc1ccsc1. The molecule has 2 aromatic carbocycles. The van der Waals surface area contributed by atoms with Crippen molar-refractivity contribution in [3.63, 3.8) is 0 Å². The van der Waals surface area contributed by atoms with Crippen molar-refractivity contribution in [1.29, 1.82) is 0 Å². The molecule has 0 saturated carbocycles. The molecule has 0 aliphatic rings. The molecule has 0 atom stereocenters. The lowest BCUT2D eigenvalue weighted by molar-refractivity contribution is 0.798. The first-order valence-electron chi connectivity index (χ1n) is 7.79. The van der Waals surface area contributed by atoms with E-state index in [1.165, 1.54) is 21.9 Å². The summed E-state index contributed by atoms with van der Waals surface area (Å²) in [5.74, 6) is 0.844. The van der Waals surface area contributed by atoms with Crippen LogP contribution in [-0.4, -0.2) is 19.6 Å². The number of nitrogens with zero attached hydrogens (tertiary/aromatic N) is 1. The lowest BCUT2D eigenvalue weighted by Gasteiger charge is -2.12. The summed E-state index contributed by atoms with van der Waals surface area (Å²) in [4.78, 5) is 4.28. The molecule has 2 N–H and O–H groups in total. The second kappa shape index (κ2) is 7.79. The van der Waals surface area contributed by atoms with Crippen molar-refractivity contribution in [1.82, 2.24) is 10.6 Å². The van der Waals surface area contributed by atoms with Crippen LogP contribution in [0.1, 0.15) is 11.1 Å². The van der Waals surface area contributed by atoms with Gasteiger partial charge in [0.1, 0.15) is 0 Å². The van der Waals surface area contributed by atoms with Gasteiger partial charge in [0.25, 0.3) is 0 Å². The summed E-state index contributed by atoms with van der Waals surface area (Å²) in [5.41, 5.74) is 2.65. The van der Waals surface area contributed by atoms with E-state index in [1.807, 2.05) is 0 Å². The van der Waals surface area contributed by atoms with Crippen LogP contribution in [0.15, 0.2) is 64.3 Å². The zero-order valence-corrected chi connectivity index (χ0v) is 14.1. The molecule has 0 fully saturated rings. The molecular formula is C19H21N3S. The molecule has 3 nitrogen and oxygen atoms in total. The quantitative estimate of drug-likeness (QED) is 0.553. The van der Waals surface area contributed by atoms with Crippen LogP contribution in [0.2, 0.25) is 0 Å². The fraction of sp³-hybridized carbons (Fsp3) is 0.211. The van der Waals surface area contributed by atoms with E-state index in [0.29, 0.717) is 0 Å². The molecule has 1 aromatic heterocycles. The lowest BCUT2D eigenvalue weighted by atomic mass is 10.0. The van der Waals surface area contributed by atoms with Crippen molar-refractivity contribution < 1.29 is 0 Å². The number of hydrogen-bond acceptors (Lipinski definition) is 2. The maximum absolute atomic E-state index is 4.28. The Kier molecular flexibility index (Phi) is 5.27. The van der Waals surface area contributed by atoms with Gasteiger partial charge < -0.3 is 10.6 Å². The van der Waals surface area contributed by atoms with E-state index in [1.54, 1.807) is 18.4 Å². The van der Waals surface area contributed by atoms with E-state index in [0.717, 1.165) is 25.5 Å². The summed E-state index contributed by atoms with van der Waals surface area (Å²) in [6, 6.07) is 17.1. The van der Waals surface area contributed by atoms with Gasteiger partial charge in [0.05, 0.1) is 0 Å². The normalized spacial score (nSPS) is 11.6. The first-order valence-corrected chi connectivity index (χ1v) is 8.73. The fourth-order valence-corrected chi connectivity index (χ4v) is 3.29. The molecule has 3 aromatic rings. The van der Waals surface area contributed by atoms with Crippen LogP contribution in [0, 0.1) is 0 Å². The van der Waals surface area contributed by atoms with E-state index >= 15 is 0 Å². The maximum Gasteiger partial charge on any atom is 0.191 e. The third kappa shape index (κ3) is 4.11. The van der Waals surface area contributed by atoms with Crippen molar-refractivity contribution in [2.45, 2.75) is 13.0 Å². The van der Waals surface area contributed by atoms with Crippen LogP contribution in [0.4, 0.5) is 0 Å². The summed E-state index contributed by atoms with van der Waals surface area (Å²) in [6.07, 6.45) is 0.973. The Bertz CT molecular complexity index is 773. The second-order valence-electron chi connectivity index (χ2n) is 5.37. The predicted octanol–water partition coefficient (Wildman–Crippen LogP) is 3.81. The highest BCUT2D eigenvalue weighted by Crippen LogP contribution is 2.18. The number of aliphatic imine (C=N–C) groups is 1. The number of rotatable bonds is 5. The minimum absolute atomic E-state index is 0.803. The van der Waals surface area contributed by atoms with Gasteiger partial charge in [-0.1, -0.05) is 42.5 Å². The zero-order valence-electron chi connectivity index (χ0n) is 13.3. The molecule has 0 spiro atoms. The molecule has 1 heterocycles. The van der Waals surface area contributed by atoms with Gasteiger partial charge in [-0.25, -0.2) is 0 Å². The molecule has 23 heavy (non-hydrogen) atoms. The average Bonchev–Trinajstić information content (AvgIpc) is 3.11. The van der Waals surface area contributed by atoms with Crippen molar-refractivity contribution in [3.05, 3.63) is 70.4 Å². The average molecular weight is 323 g/mol. The predicted molar refractivity (Wildman–Crippen MR) is 100 cm³/mol. The van der Waals surface area contributed by atoms with Crippen molar-refractivity contribution in [2.24, 2.45) is 4.99 Å². The third-order valence-corrected chi connectivity index (χ3v) is 4.56. The Morgan fingerprint density at radius 3 is 2.74 bits per heavy atom. The molecule has 3 rings (SSSR count). The number of fused-ring (bicyclic) bond motifs is 1. The minimum atomic E-state index is 0.803. The molecule has 0 radical (unpaired) electrons. The Balaban J connectivity index is 1.55. The molecular weight excluding hydrogens is 302 g/mol. The van der Waals surface area contributed by atoms with Gasteiger partial charge in [0.15, 0.2) is 5.96 Å². The fourth-order valence-electron chi connectivity index (χ4n) is 2.63. The summed E-state index contributed by atoms with van der Waals surface area (Å²) in [5, 5.41) is 13.6. The van der Waals surface area contributed by atoms with Crippen LogP contribution in [0.5, 0.6) is 0 Å². The van der Waals surface area contributed by atoms with E-state index in [2.05, 4.69) is 74.9 Å². The summed E-state index contributed by atoms with van der Waals surface area (Å²) in [6.45, 7) is 1.66. The van der Waals surface area contributed by atoms with Crippen molar-refractivity contribution >= 4 is 28.1 Å². The number of nitrogens with one attached hydrogen (secondary N) is 2.